The Hall–Kier alpha value is -2.87. The van der Waals surface area contributed by atoms with Crippen LogP contribution in [0.25, 0.3) is 0 Å². The summed E-state index contributed by atoms with van der Waals surface area (Å²) in [6, 6.07) is 12.9. The van der Waals surface area contributed by atoms with Crippen molar-refractivity contribution in [3.63, 3.8) is 0 Å². The summed E-state index contributed by atoms with van der Waals surface area (Å²) in [5.74, 6) is -0.362. The molecule has 1 atom stereocenters. The van der Waals surface area contributed by atoms with Gasteiger partial charge in [-0.3, -0.25) is 13.9 Å². The molecule has 0 unspecified atom stereocenters. The minimum absolute atomic E-state index is 0.127. The fraction of sp³-hybridized carbons (Fsp3) is 0.517. The molecule has 0 saturated carbocycles. The third-order valence-corrected chi connectivity index (χ3v) is 7.45. The lowest BCUT2D eigenvalue weighted by Crippen LogP contribution is -2.53. The Labute approximate surface area is 223 Å². The maximum absolute atomic E-state index is 13.6. The number of amides is 2. The predicted molar refractivity (Wildman–Crippen MR) is 151 cm³/mol. The first-order valence-electron chi connectivity index (χ1n) is 12.8. The van der Waals surface area contributed by atoms with Crippen molar-refractivity contribution in [2.24, 2.45) is 0 Å². The normalized spacial score (nSPS) is 12.6. The van der Waals surface area contributed by atoms with E-state index >= 15 is 0 Å². The van der Waals surface area contributed by atoms with E-state index in [0.717, 1.165) is 22.3 Å². The molecule has 2 amide bonds. The Morgan fingerprint density at radius 2 is 1.65 bits per heavy atom. The zero-order valence-corrected chi connectivity index (χ0v) is 24.4. The Kier molecular flexibility index (Phi) is 10.3. The second-order valence-corrected chi connectivity index (χ2v) is 12.7. The molecule has 2 aromatic rings. The summed E-state index contributed by atoms with van der Waals surface area (Å²) in [5, 5.41) is 3.01. The number of carbonyl (C=O) groups is 2. The molecule has 0 spiro atoms. The topological polar surface area (TPSA) is 86.8 Å². The predicted octanol–water partition coefficient (Wildman–Crippen LogP) is 4.88. The van der Waals surface area contributed by atoms with E-state index in [4.69, 9.17) is 0 Å². The molecule has 0 radical (unpaired) electrons. The maximum atomic E-state index is 13.6. The van der Waals surface area contributed by atoms with Crippen LogP contribution in [0.5, 0.6) is 0 Å². The van der Waals surface area contributed by atoms with Gasteiger partial charge in [0.15, 0.2) is 0 Å². The van der Waals surface area contributed by atoms with Gasteiger partial charge in [-0.05, 0) is 82.7 Å². The van der Waals surface area contributed by atoms with Gasteiger partial charge in [0.1, 0.15) is 6.04 Å². The van der Waals surface area contributed by atoms with Gasteiger partial charge in [-0.2, -0.15) is 0 Å². The van der Waals surface area contributed by atoms with Crippen LogP contribution >= 0.6 is 0 Å². The van der Waals surface area contributed by atoms with Gasteiger partial charge in [-0.25, -0.2) is 8.42 Å². The summed E-state index contributed by atoms with van der Waals surface area (Å²) >= 11 is 0. The highest BCUT2D eigenvalue weighted by Gasteiger charge is 2.31. The maximum Gasteiger partial charge on any atom is 0.243 e. The molecule has 0 heterocycles. The van der Waals surface area contributed by atoms with E-state index in [1.807, 2.05) is 90.9 Å². The molecule has 0 saturated heterocycles. The summed E-state index contributed by atoms with van der Waals surface area (Å²) in [6.45, 7) is 13.9. The first kappa shape index (κ1) is 30.4. The summed E-state index contributed by atoms with van der Waals surface area (Å²) in [5.41, 5.74) is 4.04. The highest BCUT2D eigenvalue weighted by molar-refractivity contribution is 7.92. The number of aryl methyl sites for hydroxylation is 3. The zero-order valence-electron chi connectivity index (χ0n) is 23.6. The third-order valence-electron chi connectivity index (χ3n) is 6.27. The number of rotatable bonds is 11. The summed E-state index contributed by atoms with van der Waals surface area (Å²) in [6.07, 6.45) is 2.12. The number of sulfonamides is 1. The zero-order chi connectivity index (χ0) is 28.0. The molecule has 0 aromatic heterocycles. The molecule has 0 aliphatic heterocycles. The number of carbonyl (C=O) groups excluding carboxylic acids is 2. The number of hydrogen-bond acceptors (Lipinski definition) is 4. The Balaban J connectivity index is 2.29. The smallest absolute Gasteiger partial charge is 0.243 e. The van der Waals surface area contributed by atoms with Crippen LogP contribution in [0, 0.1) is 20.8 Å². The van der Waals surface area contributed by atoms with Crippen LogP contribution in [0.4, 0.5) is 5.69 Å². The van der Waals surface area contributed by atoms with E-state index in [0.29, 0.717) is 25.1 Å². The van der Waals surface area contributed by atoms with Gasteiger partial charge >= 0.3 is 0 Å². The second kappa shape index (κ2) is 12.6. The SMILES string of the molecule is CC[C@@H](C(=O)NC(C)(C)C)N(Cc1ccccc1C)C(=O)CCCN(c1cc(C)ccc1C)S(C)(=O)=O. The first-order valence-corrected chi connectivity index (χ1v) is 14.7. The Morgan fingerprint density at radius 1 is 1.00 bits per heavy atom. The van der Waals surface area contributed by atoms with Crippen LogP contribution in [-0.2, 0) is 26.2 Å². The summed E-state index contributed by atoms with van der Waals surface area (Å²) in [4.78, 5) is 28.4. The minimum Gasteiger partial charge on any atom is -0.350 e. The summed E-state index contributed by atoms with van der Waals surface area (Å²) < 4.78 is 26.6. The molecule has 0 bridgehead atoms. The van der Waals surface area contributed by atoms with Crippen molar-refractivity contribution < 1.29 is 18.0 Å². The number of anilines is 1. The standard InChI is InChI=1S/C29H43N3O4S/c1-9-25(28(34)30-29(5,6)7)31(20-24-14-11-10-13-22(24)3)27(33)15-12-18-32(37(8,35)36)26-19-21(2)16-17-23(26)4/h10-11,13-14,16-17,19,25H,9,12,15,18,20H2,1-8H3,(H,30,34)/t25-/m0/s1. The second-order valence-electron chi connectivity index (χ2n) is 10.8. The van der Waals surface area contributed by atoms with Gasteiger partial charge < -0.3 is 10.2 Å². The molecule has 204 valence electrons. The van der Waals surface area contributed by atoms with Gasteiger partial charge in [0.25, 0.3) is 0 Å². The Bertz CT molecular complexity index is 1200. The van der Waals surface area contributed by atoms with E-state index in [9.17, 15) is 18.0 Å². The van der Waals surface area contributed by atoms with Crippen LogP contribution in [-0.4, -0.2) is 49.5 Å². The van der Waals surface area contributed by atoms with Crippen LogP contribution in [0.1, 0.15) is 69.2 Å². The first-order chi connectivity index (χ1) is 17.1. The van der Waals surface area contributed by atoms with Crippen molar-refractivity contribution in [2.75, 3.05) is 17.1 Å². The van der Waals surface area contributed by atoms with Crippen LogP contribution in [0.3, 0.4) is 0 Å². The molecular formula is C29H43N3O4S. The fourth-order valence-electron chi connectivity index (χ4n) is 4.31. The van der Waals surface area contributed by atoms with Gasteiger partial charge in [0.2, 0.25) is 21.8 Å². The van der Waals surface area contributed by atoms with Gasteiger partial charge in [0, 0.05) is 25.0 Å². The molecule has 1 N–H and O–H groups in total. The third kappa shape index (κ3) is 8.88. The van der Waals surface area contributed by atoms with Crippen molar-refractivity contribution in [2.45, 2.75) is 85.9 Å². The van der Waals surface area contributed by atoms with Crippen molar-refractivity contribution in [3.05, 3.63) is 64.7 Å². The average Bonchev–Trinajstić information content (AvgIpc) is 2.77. The van der Waals surface area contributed by atoms with E-state index in [1.165, 1.54) is 10.6 Å². The van der Waals surface area contributed by atoms with Gasteiger partial charge in [-0.1, -0.05) is 43.3 Å². The molecule has 2 rings (SSSR count). The molecule has 0 fully saturated rings. The molecule has 37 heavy (non-hydrogen) atoms. The lowest BCUT2D eigenvalue weighted by Gasteiger charge is -2.33. The fourth-order valence-corrected chi connectivity index (χ4v) is 5.33. The number of nitrogens with one attached hydrogen (secondary N) is 1. The molecule has 2 aromatic carbocycles. The lowest BCUT2D eigenvalue weighted by atomic mass is 10.0. The molecule has 7 nitrogen and oxygen atoms in total. The monoisotopic (exact) mass is 529 g/mol. The van der Waals surface area contributed by atoms with Crippen LogP contribution in [0.15, 0.2) is 42.5 Å². The Morgan fingerprint density at radius 3 is 2.22 bits per heavy atom. The number of hydrogen-bond donors (Lipinski definition) is 1. The van der Waals surface area contributed by atoms with E-state index in [2.05, 4.69) is 5.32 Å². The van der Waals surface area contributed by atoms with Crippen molar-refractivity contribution in [1.82, 2.24) is 10.2 Å². The van der Waals surface area contributed by atoms with Gasteiger partial charge in [0.05, 0.1) is 11.9 Å². The van der Waals surface area contributed by atoms with Crippen LogP contribution in [0.2, 0.25) is 0 Å². The van der Waals surface area contributed by atoms with Gasteiger partial charge in [-0.15, -0.1) is 0 Å². The highest BCUT2D eigenvalue weighted by Crippen LogP contribution is 2.25. The van der Waals surface area contributed by atoms with Crippen LogP contribution < -0.4 is 9.62 Å². The molecule has 0 aliphatic rings. The molecular weight excluding hydrogens is 486 g/mol. The van der Waals surface area contributed by atoms with Crippen molar-refractivity contribution >= 4 is 27.5 Å². The highest BCUT2D eigenvalue weighted by atomic mass is 32.2. The van der Waals surface area contributed by atoms with Crippen molar-refractivity contribution in [1.29, 1.82) is 0 Å². The number of benzene rings is 2. The molecule has 0 aliphatic carbocycles. The average molecular weight is 530 g/mol. The lowest BCUT2D eigenvalue weighted by molar-refractivity contribution is -0.142. The number of nitrogens with zero attached hydrogens (tertiary/aromatic N) is 2. The molecule has 8 heteroatoms. The largest absolute Gasteiger partial charge is 0.350 e. The quantitative estimate of drug-likeness (QED) is 0.449. The van der Waals surface area contributed by atoms with Crippen molar-refractivity contribution in [3.8, 4) is 0 Å². The minimum atomic E-state index is -3.54. The van der Waals surface area contributed by atoms with E-state index in [-0.39, 0.29) is 24.8 Å². The van der Waals surface area contributed by atoms with E-state index in [1.54, 1.807) is 4.90 Å². The van der Waals surface area contributed by atoms with E-state index < -0.39 is 21.6 Å². The summed E-state index contributed by atoms with van der Waals surface area (Å²) in [7, 11) is -3.54.